The number of aromatic nitrogens is 2. The fourth-order valence-corrected chi connectivity index (χ4v) is 2.53. The molecule has 1 aromatic heterocycles. The third kappa shape index (κ3) is 4.18. The highest BCUT2D eigenvalue weighted by atomic mass is 16.6. The second kappa shape index (κ2) is 7.72. The van der Waals surface area contributed by atoms with Crippen LogP contribution in [0.2, 0.25) is 0 Å². The normalized spacial score (nSPS) is 13.3. The number of aryl methyl sites for hydroxylation is 1. The second-order valence-corrected chi connectivity index (χ2v) is 5.86. The van der Waals surface area contributed by atoms with Gasteiger partial charge < -0.3 is 15.4 Å². The van der Waals surface area contributed by atoms with E-state index in [4.69, 9.17) is 0 Å². The van der Waals surface area contributed by atoms with Crippen LogP contribution in [0.5, 0.6) is 0 Å². The Morgan fingerprint density at radius 3 is 2.58 bits per heavy atom. The van der Waals surface area contributed by atoms with Gasteiger partial charge in [0, 0.05) is 0 Å². The monoisotopic (exact) mass is 330 g/mol. The summed E-state index contributed by atoms with van der Waals surface area (Å²) in [6.07, 6.45) is 0.786. The van der Waals surface area contributed by atoms with Crippen molar-refractivity contribution in [3.8, 4) is 0 Å². The molecule has 0 saturated carbocycles. The molecule has 0 spiro atoms. The van der Waals surface area contributed by atoms with Gasteiger partial charge in [-0.05, 0) is 23.8 Å². The van der Waals surface area contributed by atoms with Crippen LogP contribution >= 0.6 is 0 Å². The van der Waals surface area contributed by atoms with E-state index in [1.54, 1.807) is 13.8 Å². The summed E-state index contributed by atoms with van der Waals surface area (Å²) in [7, 11) is 0. The molecule has 0 aliphatic carbocycles. The summed E-state index contributed by atoms with van der Waals surface area (Å²) in [4.78, 5) is 22.7. The highest BCUT2D eigenvalue weighted by molar-refractivity contribution is 5.78. The minimum Gasteiger partial charge on any atom is -0.358 e. The molecular weight excluding hydrogens is 308 g/mol. The largest absolute Gasteiger partial charge is 0.390 e. The van der Waals surface area contributed by atoms with Crippen molar-refractivity contribution in [2.75, 3.05) is 0 Å². The van der Waals surface area contributed by atoms with Gasteiger partial charge in [-0.3, -0.25) is 4.79 Å². The Morgan fingerprint density at radius 1 is 1.38 bits per heavy atom. The maximum absolute atomic E-state index is 12.5. The van der Waals surface area contributed by atoms with E-state index in [-0.39, 0.29) is 23.7 Å². The van der Waals surface area contributed by atoms with Crippen molar-refractivity contribution < 1.29 is 9.72 Å². The van der Waals surface area contributed by atoms with Crippen molar-refractivity contribution in [1.82, 2.24) is 15.1 Å². The van der Waals surface area contributed by atoms with Crippen LogP contribution in [0.3, 0.4) is 0 Å². The van der Waals surface area contributed by atoms with E-state index in [9.17, 15) is 14.9 Å². The summed E-state index contributed by atoms with van der Waals surface area (Å²) < 4.78 is 1.51. The lowest BCUT2D eigenvalue weighted by Gasteiger charge is -2.20. The summed E-state index contributed by atoms with van der Waals surface area (Å²) >= 11 is 0. The quantitative estimate of drug-likeness (QED) is 0.624. The number of nitro groups is 1. The number of carbonyl (C=O) groups is 1. The Kier molecular flexibility index (Phi) is 5.68. The zero-order valence-corrected chi connectivity index (χ0v) is 14.1. The molecule has 7 nitrogen and oxygen atoms in total. The molecule has 0 aliphatic rings. The van der Waals surface area contributed by atoms with E-state index in [1.165, 1.54) is 10.7 Å². The highest BCUT2D eigenvalue weighted by Crippen LogP contribution is 2.18. The number of nitrogens with one attached hydrogen (secondary N) is 1. The number of rotatable bonds is 7. The predicted molar refractivity (Wildman–Crippen MR) is 90.4 cm³/mol. The number of hydrogen-bond donors (Lipinski definition) is 1. The molecule has 0 fully saturated rings. The summed E-state index contributed by atoms with van der Waals surface area (Å²) in [6.45, 7) is 5.85. The van der Waals surface area contributed by atoms with Gasteiger partial charge in [0.2, 0.25) is 5.91 Å². The van der Waals surface area contributed by atoms with Gasteiger partial charge in [-0.15, -0.1) is 0 Å². The van der Waals surface area contributed by atoms with Crippen LogP contribution in [0, 0.1) is 23.0 Å². The summed E-state index contributed by atoms with van der Waals surface area (Å²) in [5, 5.41) is 17.7. The van der Waals surface area contributed by atoms with Crippen molar-refractivity contribution in [3.63, 3.8) is 0 Å². The second-order valence-electron chi connectivity index (χ2n) is 5.86. The first-order valence-corrected chi connectivity index (χ1v) is 7.96. The van der Waals surface area contributed by atoms with Gasteiger partial charge in [-0.25, -0.2) is 0 Å². The van der Waals surface area contributed by atoms with Crippen LogP contribution in [0.1, 0.15) is 37.6 Å². The lowest BCUT2D eigenvalue weighted by atomic mass is 10.0. The number of benzene rings is 1. The number of amides is 1. The Morgan fingerprint density at radius 2 is 2.04 bits per heavy atom. The van der Waals surface area contributed by atoms with E-state index >= 15 is 0 Å². The molecule has 1 aromatic carbocycles. The van der Waals surface area contributed by atoms with Crippen LogP contribution in [0.15, 0.2) is 36.4 Å². The van der Waals surface area contributed by atoms with Gasteiger partial charge in [-0.1, -0.05) is 44.2 Å². The molecule has 0 bridgehead atoms. The molecule has 2 aromatic rings. The van der Waals surface area contributed by atoms with Gasteiger partial charge in [0.1, 0.15) is 0 Å². The average molecular weight is 330 g/mol. The molecule has 2 unspecified atom stereocenters. The highest BCUT2D eigenvalue weighted by Gasteiger charge is 2.22. The van der Waals surface area contributed by atoms with Gasteiger partial charge in [0.25, 0.3) is 0 Å². The first kappa shape index (κ1) is 17.7. The Hall–Kier alpha value is -2.70. The maximum atomic E-state index is 12.5. The van der Waals surface area contributed by atoms with Crippen molar-refractivity contribution in [3.05, 3.63) is 57.8 Å². The smallest absolute Gasteiger partial charge is 0.358 e. The molecule has 0 radical (unpaired) electrons. The molecule has 7 heteroatoms. The average Bonchev–Trinajstić information content (AvgIpc) is 2.94. The summed E-state index contributed by atoms with van der Waals surface area (Å²) in [5.74, 6) is -0.639. The fourth-order valence-electron chi connectivity index (χ4n) is 2.53. The molecule has 24 heavy (non-hydrogen) atoms. The first-order valence-electron chi connectivity index (χ1n) is 7.96. The standard InChI is InChI=1S/C17H22N4O3/c1-4-15(14-8-6-5-7-9-14)18-17(22)12(2)11-20-13(3)10-16(19-20)21(23)24/h5-10,12,15H,4,11H2,1-3H3,(H,18,22). The predicted octanol–water partition coefficient (Wildman–Crippen LogP) is 3.00. The van der Waals surface area contributed by atoms with Crippen LogP contribution in [0.25, 0.3) is 0 Å². The van der Waals surface area contributed by atoms with Gasteiger partial charge in [-0.2, -0.15) is 4.68 Å². The van der Waals surface area contributed by atoms with E-state index in [0.29, 0.717) is 12.2 Å². The third-order valence-electron chi connectivity index (χ3n) is 3.98. The number of nitrogens with zero attached hydrogens (tertiary/aromatic N) is 3. The maximum Gasteiger partial charge on any atom is 0.390 e. The molecule has 1 N–H and O–H groups in total. The molecular formula is C17H22N4O3. The van der Waals surface area contributed by atoms with Crippen LogP contribution in [-0.2, 0) is 11.3 Å². The molecule has 0 saturated heterocycles. The van der Waals surface area contributed by atoms with Crippen LogP contribution in [-0.4, -0.2) is 20.6 Å². The topological polar surface area (TPSA) is 90.1 Å². The zero-order valence-electron chi connectivity index (χ0n) is 14.1. The van der Waals surface area contributed by atoms with Crippen LogP contribution in [0.4, 0.5) is 5.82 Å². The Bertz CT molecular complexity index is 712. The van der Waals surface area contributed by atoms with Crippen molar-refractivity contribution in [2.45, 2.75) is 39.8 Å². The first-order chi connectivity index (χ1) is 11.4. The fraction of sp³-hybridized carbons (Fsp3) is 0.412. The van der Waals surface area contributed by atoms with E-state index in [0.717, 1.165) is 12.0 Å². The Labute approximate surface area is 140 Å². The molecule has 2 atom stereocenters. The van der Waals surface area contributed by atoms with E-state index in [1.807, 2.05) is 37.3 Å². The van der Waals surface area contributed by atoms with E-state index < -0.39 is 4.92 Å². The van der Waals surface area contributed by atoms with Crippen molar-refractivity contribution >= 4 is 11.7 Å². The third-order valence-corrected chi connectivity index (χ3v) is 3.98. The van der Waals surface area contributed by atoms with E-state index in [2.05, 4.69) is 10.4 Å². The lowest BCUT2D eigenvalue weighted by Crippen LogP contribution is -2.34. The van der Waals surface area contributed by atoms with Crippen molar-refractivity contribution in [2.24, 2.45) is 5.92 Å². The van der Waals surface area contributed by atoms with Gasteiger partial charge in [0.15, 0.2) is 0 Å². The number of carbonyl (C=O) groups excluding carboxylic acids is 1. The summed E-state index contributed by atoms with van der Waals surface area (Å²) in [6, 6.07) is 11.2. The zero-order chi connectivity index (χ0) is 17.7. The minimum atomic E-state index is -0.531. The minimum absolute atomic E-state index is 0.0470. The van der Waals surface area contributed by atoms with Gasteiger partial charge in [0.05, 0.1) is 35.4 Å². The lowest BCUT2D eigenvalue weighted by molar-refractivity contribution is -0.389. The molecule has 0 aliphatic heterocycles. The number of hydrogen-bond acceptors (Lipinski definition) is 4. The molecule has 128 valence electrons. The molecule has 1 heterocycles. The molecule has 2 rings (SSSR count). The van der Waals surface area contributed by atoms with Crippen molar-refractivity contribution in [1.29, 1.82) is 0 Å². The van der Waals surface area contributed by atoms with Crippen LogP contribution < -0.4 is 5.32 Å². The van der Waals surface area contributed by atoms with Gasteiger partial charge >= 0.3 is 5.82 Å². The molecule has 1 amide bonds. The Balaban J connectivity index is 2.03. The SMILES string of the molecule is CCC(NC(=O)C(C)Cn1nc([N+](=O)[O-])cc1C)c1ccccc1. The summed E-state index contributed by atoms with van der Waals surface area (Å²) in [5.41, 5.74) is 1.72.